The molecule has 0 aliphatic carbocycles. The van der Waals surface area contributed by atoms with Crippen molar-refractivity contribution in [2.75, 3.05) is 26.2 Å². The molecule has 2 amide bonds. The smallest absolute Gasteiger partial charge is 0.241 e. The van der Waals surface area contributed by atoms with Gasteiger partial charge in [-0.25, -0.2) is 17.5 Å². The Balaban J connectivity index is 1.55. The second-order valence-electron chi connectivity index (χ2n) is 7.07. The van der Waals surface area contributed by atoms with Gasteiger partial charge < -0.3 is 10.2 Å². The first-order valence-corrected chi connectivity index (χ1v) is 9.99. The number of carbonyl (C=O) groups is 2. The molecule has 1 aromatic rings. The summed E-state index contributed by atoms with van der Waals surface area (Å²) in [6, 6.07) is 3.49. The summed E-state index contributed by atoms with van der Waals surface area (Å²) < 4.78 is 40.1. The maximum atomic E-state index is 13.3. The molecular formula is C17H22FN3O4S. The fraction of sp³-hybridized carbons (Fsp3) is 0.529. The molecular weight excluding hydrogens is 361 g/mol. The van der Waals surface area contributed by atoms with Crippen LogP contribution in [0.5, 0.6) is 0 Å². The van der Waals surface area contributed by atoms with E-state index < -0.39 is 15.8 Å². The van der Waals surface area contributed by atoms with Crippen molar-refractivity contribution in [3.8, 4) is 0 Å². The van der Waals surface area contributed by atoms with Gasteiger partial charge in [-0.3, -0.25) is 9.59 Å². The van der Waals surface area contributed by atoms with Crippen LogP contribution < -0.4 is 10.0 Å². The second-order valence-corrected chi connectivity index (χ2v) is 8.84. The van der Waals surface area contributed by atoms with Gasteiger partial charge >= 0.3 is 0 Å². The number of hydrogen-bond acceptors (Lipinski definition) is 4. The third-order valence-corrected chi connectivity index (χ3v) is 6.62. The van der Waals surface area contributed by atoms with Crippen LogP contribution in [0, 0.1) is 18.2 Å². The summed E-state index contributed by atoms with van der Waals surface area (Å²) in [6.07, 6.45) is 1.94. The average molecular weight is 383 g/mol. The molecule has 1 spiro atoms. The van der Waals surface area contributed by atoms with Crippen molar-refractivity contribution in [2.45, 2.75) is 31.1 Å². The van der Waals surface area contributed by atoms with Crippen LogP contribution in [0.15, 0.2) is 23.1 Å². The maximum absolute atomic E-state index is 13.3. The molecule has 0 radical (unpaired) electrons. The van der Waals surface area contributed by atoms with Crippen LogP contribution in [0.25, 0.3) is 0 Å². The summed E-state index contributed by atoms with van der Waals surface area (Å²) in [7, 11) is -3.88. The van der Waals surface area contributed by atoms with Crippen LogP contribution in [-0.2, 0) is 19.6 Å². The van der Waals surface area contributed by atoms with E-state index in [0.717, 1.165) is 18.9 Å². The van der Waals surface area contributed by atoms with E-state index in [0.29, 0.717) is 26.1 Å². The highest BCUT2D eigenvalue weighted by Crippen LogP contribution is 2.37. The topological polar surface area (TPSA) is 95.6 Å². The summed E-state index contributed by atoms with van der Waals surface area (Å²) in [5.74, 6) is -0.742. The van der Waals surface area contributed by atoms with Crippen LogP contribution in [-0.4, -0.2) is 51.3 Å². The zero-order chi connectivity index (χ0) is 18.9. The lowest BCUT2D eigenvalue weighted by Crippen LogP contribution is -2.47. The number of hydrogen-bond donors (Lipinski definition) is 2. The summed E-state index contributed by atoms with van der Waals surface area (Å²) in [6.45, 7) is 2.79. The Morgan fingerprint density at radius 2 is 2.04 bits per heavy atom. The van der Waals surface area contributed by atoms with Crippen molar-refractivity contribution in [1.82, 2.24) is 14.9 Å². The Labute approximate surface area is 152 Å². The Bertz CT molecular complexity index is 832. The number of halogens is 1. The first-order valence-electron chi connectivity index (χ1n) is 8.51. The van der Waals surface area contributed by atoms with Crippen LogP contribution in [0.4, 0.5) is 4.39 Å². The SMILES string of the molecule is Cc1cc(S(=O)(=O)NCC(=O)N2CCC3(CC2)CNC(=O)C3)ccc1F. The highest BCUT2D eigenvalue weighted by molar-refractivity contribution is 7.89. The van der Waals surface area contributed by atoms with Crippen LogP contribution >= 0.6 is 0 Å². The van der Waals surface area contributed by atoms with Gasteiger partial charge in [0.15, 0.2) is 0 Å². The molecule has 2 saturated heterocycles. The molecule has 2 fully saturated rings. The van der Waals surface area contributed by atoms with Crippen LogP contribution in [0.3, 0.4) is 0 Å². The van der Waals surface area contributed by atoms with Crippen molar-refractivity contribution >= 4 is 21.8 Å². The molecule has 3 rings (SSSR count). The highest BCUT2D eigenvalue weighted by atomic mass is 32.2. The van der Waals surface area contributed by atoms with Gasteiger partial charge in [0.05, 0.1) is 11.4 Å². The lowest BCUT2D eigenvalue weighted by Gasteiger charge is -2.38. The predicted molar refractivity (Wildman–Crippen MR) is 92.2 cm³/mol. The lowest BCUT2D eigenvalue weighted by atomic mass is 9.77. The van der Waals surface area contributed by atoms with E-state index in [1.807, 2.05) is 0 Å². The minimum Gasteiger partial charge on any atom is -0.356 e. The molecule has 142 valence electrons. The van der Waals surface area contributed by atoms with Gasteiger partial charge in [0.25, 0.3) is 0 Å². The van der Waals surface area contributed by atoms with E-state index in [9.17, 15) is 22.4 Å². The van der Waals surface area contributed by atoms with Crippen molar-refractivity contribution in [1.29, 1.82) is 0 Å². The molecule has 0 atom stereocenters. The zero-order valence-electron chi connectivity index (χ0n) is 14.5. The zero-order valence-corrected chi connectivity index (χ0v) is 15.4. The quantitative estimate of drug-likeness (QED) is 0.793. The van der Waals surface area contributed by atoms with Gasteiger partial charge in [-0.05, 0) is 48.9 Å². The Kier molecular flexibility index (Phi) is 5.03. The van der Waals surface area contributed by atoms with Gasteiger partial charge in [-0.15, -0.1) is 0 Å². The van der Waals surface area contributed by atoms with Crippen LogP contribution in [0.1, 0.15) is 24.8 Å². The number of likely N-dealkylation sites (tertiary alicyclic amines) is 1. The fourth-order valence-electron chi connectivity index (χ4n) is 3.47. The Hall–Kier alpha value is -2.00. The third kappa shape index (κ3) is 3.88. The molecule has 0 unspecified atom stereocenters. The second kappa shape index (κ2) is 6.96. The van der Waals surface area contributed by atoms with Crippen molar-refractivity contribution in [3.63, 3.8) is 0 Å². The van der Waals surface area contributed by atoms with Crippen molar-refractivity contribution in [3.05, 3.63) is 29.6 Å². The van der Waals surface area contributed by atoms with Gasteiger partial charge in [-0.2, -0.15) is 0 Å². The molecule has 0 aromatic heterocycles. The van der Waals surface area contributed by atoms with E-state index >= 15 is 0 Å². The largest absolute Gasteiger partial charge is 0.356 e. The van der Waals surface area contributed by atoms with E-state index in [1.165, 1.54) is 19.1 Å². The predicted octanol–water partition coefficient (Wildman–Crippen LogP) is 0.541. The maximum Gasteiger partial charge on any atom is 0.241 e. The molecule has 0 saturated carbocycles. The number of benzene rings is 1. The molecule has 26 heavy (non-hydrogen) atoms. The monoisotopic (exact) mass is 383 g/mol. The molecule has 0 bridgehead atoms. The van der Waals surface area contributed by atoms with Gasteiger partial charge in [0.1, 0.15) is 5.82 Å². The fourth-order valence-corrected chi connectivity index (χ4v) is 4.53. The molecule has 2 aliphatic heterocycles. The summed E-state index contributed by atoms with van der Waals surface area (Å²) in [5.41, 5.74) is 0.152. The first-order chi connectivity index (χ1) is 12.2. The average Bonchev–Trinajstić information content (AvgIpc) is 2.96. The van der Waals surface area contributed by atoms with Gasteiger partial charge in [0, 0.05) is 26.1 Å². The number of nitrogens with one attached hydrogen (secondary N) is 2. The number of nitrogens with zero attached hydrogens (tertiary/aromatic N) is 1. The number of sulfonamides is 1. The van der Waals surface area contributed by atoms with E-state index in [-0.39, 0.29) is 34.2 Å². The molecule has 7 nitrogen and oxygen atoms in total. The van der Waals surface area contributed by atoms with E-state index in [4.69, 9.17) is 0 Å². The van der Waals surface area contributed by atoms with Crippen LogP contribution in [0.2, 0.25) is 0 Å². The van der Waals surface area contributed by atoms with E-state index in [2.05, 4.69) is 10.0 Å². The normalized spacial score (nSPS) is 19.6. The Morgan fingerprint density at radius 1 is 1.35 bits per heavy atom. The first kappa shape index (κ1) is 18.8. The van der Waals surface area contributed by atoms with Crippen molar-refractivity contribution in [2.24, 2.45) is 5.41 Å². The number of amides is 2. The molecule has 2 aliphatic rings. The lowest BCUT2D eigenvalue weighted by molar-refractivity contribution is -0.132. The standard InChI is InChI=1S/C17H22FN3O4S/c1-12-8-13(2-3-14(12)18)26(24,25)20-10-16(23)21-6-4-17(5-7-21)9-15(22)19-11-17/h2-3,8,20H,4-7,9-11H2,1H3,(H,19,22). The highest BCUT2D eigenvalue weighted by Gasteiger charge is 2.41. The van der Waals surface area contributed by atoms with E-state index in [1.54, 1.807) is 4.90 Å². The van der Waals surface area contributed by atoms with Gasteiger partial charge in [0.2, 0.25) is 21.8 Å². The summed E-state index contributed by atoms with van der Waals surface area (Å²) >= 11 is 0. The number of rotatable bonds is 4. The molecule has 2 heterocycles. The number of aryl methyl sites for hydroxylation is 1. The Morgan fingerprint density at radius 3 is 2.62 bits per heavy atom. The number of piperidine rings is 1. The minimum absolute atomic E-state index is 0.0483. The minimum atomic E-state index is -3.88. The summed E-state index contributed by atoms with van der Waals surface area (Å²) in [4.78, 5) is 25.3. The molecule has 9 heteroatoms. The summed E-state index contributed by atoms with van der Waals surface area (Å²) in [5, 5.41) is 2.84. The molecule has 1 aromatic carbocycles. The third-order valence-electron chi connectivity index (χ3n) is 5.23. The molecule has 2 N–H and O–H groups in total. The van der Waals surface area contributed by atoms with Crippen molar-refractivity contribution < 1.29 is 22.4 Å². The number of carbonyl (C=O) groups excluding carboxylic acids is 2. The van der Waals surface area contributed by atoms with Gasteiger partial charge in [-0.1, -0.05) is 0 Å².